The highest BCUT2D eigenvalue weighted by Gasteiger charge is 2.29. The zero-order chi connectivity index (χ0) is 20.2. The molecule has 0 aromatic heterocycles. The van der Waals surface area contributed by atoms with Crippen LogP contribution in [0.25, 0.3) is 0 Å². The predicted molar refractivity (Wildman–Crippen MR) is 107 cm³/mol. The number of rotatable bonds is 6. The highest BCUT2D eigenvalue weighted by atomic mass is 35.5. The standard InChI is InChI=1S/C19H20ClN3O3S/c1-13-4-9-17(12-18(13)20)23(27(3,25)26)14(2)19(24)22-16-7-5-15(6-8-16)10-11-21/h4-9,12,14H,10H2,1-3H3,(H,22,24). The molecule has 0 aliphatic heterocycles. The maximum Gasteiger partial charge on any atom is 0.247 e. The lowest BCUT2D eigenvalue weighted by molar-refractivity contribution is -0.116. The first kappa shape index (κ1) is 20.7. The number of aryl methyl sites for hydroxylation is 1. The number of nitriles is 1. The second-order valence-electron chi connectivity index (χ2n) is 6.19. The molecule has 0 heterocycles. The number of carbonyl (C=O) groups excluding carboxylic acids is 1. The average molecular weight is 406 g/mol. The molecule has 2 rings (SSSR count). The van der Waals surface area contributed by atoms with Crippen LogP contribution in [-0.2, 0) is 21.2 Å². The summed E-state index contributed by atoms with van der Waals surface area (Å²) in [7, 11) is -3.72. The van der Waals surface area contributed by atoms with Crippen LogP contribution in [0.3, 0.4) is 0 Å². The van der Waals surface area contributed by atoms with Crippen LogP contribution in [0.4, 0.5) is 11.4 Å². The molecule has 2 aromatic carbocycles. The fourth-order valence-corrected chi connectivity index (χ4v) is 3.91. The SMILES string of the molecule is Cc1ccc(N(C(C)C(=O)Nc2ccc(CC#N)cc2)S(C)(=O)=O)cc1Cl. The maximum atomic E-state index is 12.6. The Bertz CT molecular complexity index is 982. The first-order valence-electron chi connectivity index (χ1n) is 8.16. The van der Waals surface area contributed by atoms with Gasteiger partial charge >= 0.3 is 0 Å². The Morgan fingerprint density at radius 3 is 2.41 bits per heavy atom. The zero-order valence-corrected chi connectivity index (χ0v) is 16.8. The summed E-state index contributed by atoms with van der Waals surface area (Å²) in [4.78, 5) is 12.6. The van der Waals surface area contributed by atoms with E-state index in [2.05, 4.69) is 5.32 Å². The number of nitrogens with zero attached hydrogens (tertiary/aromatic N) is 2. The van der Waals surface area contributed by atoms with Crippen LogP contribution in [0.5, 0.6) is 0 Å². The fraction of sp³-hybridized carbons (Fsp3) is 0.263. The number of amides is 1. The van der Waals surface area contributed by atoms with Gasteiger partial charge in [-0.2, -0.15) is 5.26 Å². The molecule has 1 unspecified atom stereocenters. The first-order chi connectivity index (χ1) is 12.6. The van der Waals surface area contributed by atoms with Crippen molar-refractivity contribution < 1.29 is 13.2 Å². The third kappa shape index (κ3) is 5.22. The summed E-state index contributed by atoms with van der Waals surface area (Å²) in [5.41, 5.74) is 2.48. The van der Waals surface area contributed by atoms with E-state index in [9.17, 15) is 13.2 Å². The van der Waals surface area contributed by atoms with Gasteiger partial charge in [-0.25, -0.2) is 8.42 Å². The van der Waals surface area contributed by atoms with E-state index in [-0.39, 0.29) is 6.42 Å². The van der Waals surface area contributed by atoms with Crippen LogP contribution in [0, 0.1) is 18.3 Å². The summed E-state index contributed by atoms with van der Waals surface area (Å²) in [6, 6.07) is 12.7. The number of nitrogens with one attached hydrogen (secondary N) is 1. The van der Waals surface area contributed by atoms with E-state index < -0.39 is 22.0 Å². The van der Waals surface area contributed by atoms with Gasteiger partial charge < -0.3 is 5.32 Å². The van der Waals surface area contributed by atoms with Crippen molar-refractivity contribution in [3.05, 3.63) is 58.6 Å². The number of anilines is 2. The molecule has 142 valence electrons. The van der Waals surface area contributed by atoms with Gasteiger partial charge in [-0.05, 0) is 49.2 Å². The maximum absolute atomic E-state index is 12.6. The van der Waals surface area contributed by atoms with Crippen LogP contribution < -0.4 is 9.62 Å². The van der Waals surface area contributed by atoms with Crippen molar-refractivity contribution in [2.45, 2.75) is 26.3 Å². The van der Waals surface area contributed by atoms with E-state index in [1.54, 1.807) is 36.4 Å². The van der Waals surface area contributed by atoms with Gasteiger partial charge in [0.1, 0.15) is 6.04 Å². The highest BCUT2D eigenvalue weighted by molar-refractivity contribution is 7.92. The number of sulfonamides is 1. The molecule has 1 amide bonds. The molecule has 1 atom stereocenters. The van der Waals surface area contributed by atoms with Gasteiger partial charge in [0, 0.05) is 10.7 Å². The van der Waals surface area contributed by atoms with E-state index in [1.165, 1.54) is 13.0 Å². The Kier molecular flexibility index (Phi) is 6.47. The van der Waals surface area contributed by atoms with Crippen LogP contribution in [0.2, 0.25) is 5.02 Å². The van der Waals surface area contributed by atoms with Crippen molar-refractivity contribution in [1.82, 2.24) is 0 Å². The Morgan fingerprint density at radius 2 is 1.89 bits per heavy atom. The molecular formula is C19H20ClN3O3S. The molecule has 0 saturated heterocycles. The van der Waals surface area contributed by atoms with Gasteiger partial charge in [0.2, 0.25) is 15.9 Å². The molecular weight excluding hydrogens is 386 g/mol. The molecule has 0 aliphatic rings. The molecule has 0 bridgehead atoms. The molecule has 8 heteroatoms. The second-order valence-corrected chi connectivity index (χ2v) is 8.46. The van der Waals surface area contributed by atoms with Crippen LogP contribution in [-0.4, -0.2) is 26.6 Å². The van der Waals surface area contributed by atoms with E-state index in [4.69, 9.17) is 16.9 Å². The van der Waals surface area contributed by atoms with Gasteiger partial charge in [-0.3, -0.25) is 9.10 Å². The van der Waals surface area contributed by atoms with E-state index >= 15 is 0 Å². The van der Waals surface area contributed by atoms with Crippen LogP contribution >= 0.6 is 11.6 Å². The molecule has 0 radical (unpaired) electrons. The molecule has 1 N–H and O–H groups in total. The fourth-order valence-electron chi connectivity index (χ4n) is 2.57. The minimum Gasteiger partial charge on any atom is -0.324 e. The predicted octanol–water partition coefficient (Wildman–Crippen LogP) is 3.51. The monoisotopic (exact) mass is 405 g/mol. The third-order valence-corrected chi connectivity index (χ3v) is 5.65. The molecule has 2 aromatic rings. The lowest BCUT2D eigenvalue weighted by atomic mass is 10.1. The van der Waals surface area contributed by atoms with Crippen molar-refractivity contribution in [1.29, 1.82) is 5.26 Å². The van der Waals surface area contributed by atoms with Crippen LogP contribution in [0.1, 0.15) is 18.1 Å². The Labute approximate surface area is 164 Å². The number of carbonyl (C=O) groups is 1. The quantitative estimate of drug-likeness (QED) is 0.796. The summed E-state index contributed by atoms with van der Waals surface area (Å²) in [6.45, 7) is 3.32. The van der Waals surface area contributed by atoms with Gasteiger partial charge in [0.25, 0.3) is 0 Å². The lowest BCUT2D eigenvalue weighted by Crippen LogP contribution is -2.45. The minimum atomic E-state index is -3.72. The Morgan fingerprint density at radius 1 is 1.26 bits per heavy atom. The van der Waals surface area contributed by atoms with E-state index in [0.717, 1.165) is 21.7 Å². The summed E-state index contributed by atoms with van der Waals surface area (Å²) in [5, 5.41) is 11.8. The molecule has 0 fully saturated rings. The van der Waals surface area contributed by atoms with Crippen molar-refractivity contribution >= 4 is 38.9 Å². The highest BCUT2D eigenvalue weighted by Crippen LogP contribution is 2.27. The van der Waals surface area contributed by atoms with Crippen LogP contribution in [0.15, 0.2) is 42.5 Å². The van der Waals surface area contributed by atoms with E-state index in [0.29, 0.717) is 16.4 Å². The largest absolute Gasteiger partial charge is 0.324 e. The molecule has 0 spiro atoms. The van der Waals surface area contributed by atoms with Crippen molar-refractivity contribution in [2.75, 3.05) is 15.9 Å². The van der Waals surface area contributed by atoms with Gasteiger partial charge in [-0.1, -0.05) is 29.8 Å². The van der Waals surface area contributed by atoms with E-state index in [1.807, 2.05) is 13.0 Å². The Hall–Kier alpha value is -2.56. The number of hydrogen-bond donors (Lipinski definition) is 1. The van der Waals surface area contributed by atoms with Gasteiger partial charge in [0.05, 0.1) is 24.4 Å². The number of benzene rings is 2. The normalized spacial score (nSPS) is 12.1. The summed E-state index contributed by atoms with van der Waals surface area (Å²) in [5.74, 6) is -0.481. The number of halogens is 1. The average Bonchev–Trinajstić information content (AvgIpc) is 2.59. The van der Waals surface area contributed by atoms with Crippen molar-refractivity contribution in [2.24, 2.45) is 0 Å². The second kappa shape index (κ2) is 8.42. The van der Waals surface area contributed by atoms with Gasteiger partial charge in [-0.15, -0.1) is 0 Å². The topological polar surface area (TPSA) is 90.3 Å². The molecule has 27 heavy (non-hydrogen) atoms. The minimum absolute atomic E-state index is 0.278. The summed E-state index contributed by atoms with van der Waals surface area (Å²) < 4.78 is 25.7. The van der Waals surface area contributed by atoms with Crippen molar-refractivity contribution in [3.8, 4) is 6.07 Å². The van der Waals surface area contributed by atoms with Crippen molar-refractivity contribution in [3.63, 3.8) is 0 Å². The Balaban J connectivity index is 2.26. The lowest BCUT2D eigenvalue weighted by Gasteiger charge is -2.28. The number of hydrogen-bond acceptors (Lipinski definition) is 4. The summed E-state index contributed by atoms with van der Waals surface area (Å²) in [6.07, 6.45) is 1.32. The zero-order valence-electron chi connectivity index (χ0n) is 15.2. The smallest absolute Gasteiger partial charge is 0.247 e. The molecule has 6 nitrogen and oxygen atoms in total. The third-order valence-electron chi connectivity index (χ3n) is 4.00. The molecule has 0 aliphatic carbocycles. The first-order valence-corrected chi connectivity index (χ1v) is 10.4. The summed E-state index contributed by atoms with van der Waals surface area (Å²) >= 11 is 6.12. The molecule has 0 saturated carbocycles. The van der Waals surface area contributed by atoms with Gasteiger partial charge in [0.15, 0.2) is 0 Å².